The van der Waals surface area contributed by atoms with Crippen molar-refractivity contribution in [1.29, 1.82) is 0 Å². The highest BCUT2D eigenvalue weighted by atomic mass is 16.2. The van der Waals surface area contributed by atoms with Crippen LogP contribution in [0.3, 0.4) is 0 Å². The summed E-state index contributed by atoms with van der Waals surface area (Å²) in [4.78, 5) is 11.7. The first-order valence-electron chi connectivity index (χ1n) is 6.72. The molecule has 0 saturated heterocycles. The van der Waals surface area contributed by atoms with Crippen molar-refractivity contribution in [2.24, 2.45) is 11.7 Å². The number of carbonyl (C=O) groups excluding carboxylic acids is 1. The Morgan fingerprint density at radius 2 is 1.88 bits per heavy atom. The molecule has 0 aliphatic rings. The Balaban J connectivity index is 3.47. The summed E-state index contributed by atoms with van der Waals surface area (Å²) in [6.45, 7) is 4.91. The molecule has 2 unspecified atom stereocenters. The first kappa shape index (κ1) is 16.4. The Morgan fingerprint density at radius 1 is 1.18 bits per heavy atom. The zero-order valence-corrected chi connectivity index (χ0v) is 11.2. The van der Waals surface area contributed by atoms with E-state index in [9.17, 15) is 4.79 Å². The van der Waals surface area contributed by atoms with Gasteiger partial charge in [-0.25, -0.2) is 0 Å². The maximum absolute atomic E-state index is 11.7. The van der Waals surface area contributed by atoms with Gasteiger partial charge >= 0.3 is 0 Å². The summed E-state index contributed by atoms with van der Waals surface area (Å²) in [5, 5.41) is 11.5. The number of nitrogens with one attached hydrogen (secondary N) is 1. The Bertz CT molecular complexity index is 196. The third-order valence-electron chi connectivity index (χ3n) is 2.88. The van der Waals surface area contributed by atoms with Crippen molar-refractivity contribution < 1.29 is 9.90 Å². The van der Waals surface area contributed by atoms with Gasteiger partial charge in [0.05, 0.1) is 0 Å². The van der Waals surface area contributed by atoms with E-state index in [4.69, 9.17) is 10.8 Å². The van der Waals surface area contributed by atoms with Crippen LogP contribution < -0.4 is 11.1 Å². The van der Waals surface area contributed by atoms with Crippen molar-refractivity contribution in [3.05, 3.63) is 0 Å². The van der Waals surface area contributed by atoms with Gasteiger partial charge in [-0.05, 0) is 39.0 Å². The first-order valence-corrected chi connectivity index (χ1v) is 6.72. The van der Waals surface area contributed by atoms with Gasteiger partial charge in [-0.15, -0.1) is 0 Å². The minimum atomic E-state index is 0.0755. The Morgan fingerprint density at radius 3 is 2.47 bits per heavy atom. The molecule has 4 N–H and O–H groups in total. The molecule has 0 aromatic heterocycles. The van der Waals surface area contributed by atoms with E-state index in [1.54, 1.807) is 0 Å². The summed E-state index contributed by atoms with van der Waals surface area (Å²) in [5.41, 5.74) is 5.66. The summed E-state index contributed by atoms with van der Waals surface area (Å²) in [5.74, 6) is 0.213. The highest BCUT2D eigenvalue weighted by Crippen LogP contribution is 2.09. The molecule has 0 aliphatic carbocycles. The zero-order valence-electron chi connectivity index (χ0n) is 11.2. The molecule has 2 atom stereocenters. The number of hydrogen-bond acceptors (Lipinski definition) is 3. The second-order valence-electron chi connectivity index (χ2n) is 4.88. The number of hydrogen-bond donors (Lipinski definition) is 3. The third kappa shape index (κ3) is 10.3. The number of aliphatic hydroxyl groups excluding tert-OH is 1. The normalized spacial score (nSPS) is 14.4. The maximum atomic E-state index is 11.7. The van der Waals surface area contributed by atoms with E-state index in [0.29, 0.717) is 0 Å². The average molecular weight is 244 g/mol. The summed E-state index contributed by atoms with van der Waals surface area (Å²) in [6, 6.07) is 0.226. The maximum Gasteiger partial charge on any atom is 0.222 e. The fraction of sp³-hybridized carbons (Fsp3) is 0.923. The molecule has 17 heavy (non-hydrogen) atoms. The van der Waals surface area contributed by atoms with Crippen LogP contribution in [-0.2, 0) is 4.79 Å². The van der Waals surface area contributed by atoms with Crippen LogP contribution in [-0.4, -0.2) is 30.2 Å². The highest BCUT2D eigenvalue weighted by molar-refractivity contribution is 5.78. The molecular weight excluding hydrogens is 216 g/mol. The van der Waals surface area contributed by atoms with E-state index in [-0.39, 0.29) is 24.5 Å². The molecule has 0 heterocycles. The Hall–Kier alpha value is -0.610. The molecule has 0 saturated carbocycles. The lowest BCUT2D eigenvalue weighted by molar-refractivity contribution is -0.124. The van der Waals surface area contributed by atoms with Gasteiger partial charge in [0.2, 0.25) is 5.91 Å². The molecule has 1 amide bonds. The van der Waals surface area contributed by atoms with Gasteiger partial charge in [-0.2, -0.15) is 0 Å². The number of aliphatic hydroxyl groups is 1. The molecule has 0 aliphatic heterocycles. The largest absolute Gasteiger partial charge is 0.396 e. The summed E-state index contributed by atoms with van der Waals surface area (Å²) in [7, 11) is 0. The second kappa shape index (κ2) is 10.5. The molecular formula is C13H28N2O2. The lowest BCUT2D eigenvalue weighted by Crippen LogP contribution is -2.30. The van der Waals surface area contributed by atoms with Crippen molar-refractivity contribution >= 4 is 5.91 Å². The summed E-state index contributed by atoms with van der Waals surface area (Å²) in [6.07, 6.45) is 5.63. The zero-order chi connectivity index (χ0) is 13.1. The topological polar surface area (TPSA) is 75.4 Å². The second-order valence-corrected chi connectivity index (χ2v) is 4.88. The average Bonchev–Trinajstić information content (AvgIpc) is 2.27. The van der Waals surface area contributed by atoms with Crippen LogP contribution in [0.15, 0.2) is 0 Å². The Kier molecular flexibility index (Phi) is 10.2. The number of carbonyl (C=O) groups is 1. The smallest absolute Gasteiger partial charge is 0.222 e. The van der Waals surface area contributed by atoms with Crippen LogP contribution >= 0.6 is 0 Å². The lowest BCUT2D eigenvalue weighted by Gasteiger charge is -2.12. The third-order valence-corrected chi connectivity index (χ3v) is 2.88. The van der Waals surface area contributed by atoms with Gasteiger partial charge in [0.25, 0.3) is 0 Å². The lowest BCUT2D eigenvalue weighted by atomic mass is 10.0. The van der Waals surface area contributed by atoms with Gasteiger partial charge in [-0.3, -0.25) is 4.79 Å². The van der Waals surface area contributed by atoms with Crippen LogP contribution in [0.2, 0.25) is 0 Å². The molecule has 0 aromatic carbocycles. The molecule has 0 aromatic rings. The molecule has 0 fully saturated rings. The van der Waals surface area contributed by atoms with Crippen molar-refractivity contribution in [3.63, 3.8) is 0 Å². The van der Waals surface area contributed by atoms with Crippen LogP contribution in [0, 0.1) is 5.92 Å². The number of nitrogens with two attached hydrogens (primary N) is 1. The molecule has 4 nitrogen and oxygen atoms in total. The number of amides is 1. The van der Waals surface area contributed by atoms with E-state index in [1.165, 1.54) is 0 Å². The minimum Gasteiger partial charge on any atom is -0.396 e. The molecule has 0 bridgehead atoms. The van der Waals surface area contributed by atoms with E-state index in [1.807, 2.05) is 13.8 Å². The van der Waals surface area contributed by atoms with Crippen molar-refractivity contribution in [3.8, 4) is 0 Å². The summed E-state index contributed by atoms with van der Waals surface area (Å²) >= 11 is 0. The van der Waals surface area contributed by atoms with Gasteiger partial charge in [0.15, 0.2) is 0 Å². The molecule has 0 rings (SSSR count). The van der Waals surface area contributed by atoms with Crippen molar-refractivity contribution in [1.82, 2.24) is 5.32 Å². The fourth-order valence-electron chi connectivity index (χ4n) is 1.68. The quantitative estimate of drug-likeness (QED) is 0.509. The number of rotatable bonds is 10. The standard InChI is InChI=1S/C13H28N2O2/c1-11(7-6-8-12(2)14)13(17)15-9-4-3-5-10-16/h11-12,16H,3-10,14H2,1-2H3,(H,15,17). The minimum absolute atomic E-state index is 0.0755. The SMILES string of the molecule is CC(N)CCCC(C)C(=O)NCCCCCO. The van der Waals surface area contributed by atoms with E-state index < -0.39 is 0 Å². The van der Waals surface area contributed by atoms with E-state index >= 15 is 0 Å². The van der Waals surface area contributed by atoms with Gasteiger partial charge < -0.3 is 16.2 Å². The fourth-order valence-corrected chi connectivity index (χ4v) is 1.68. The van der Waals surface area contributed by atoms with Crippen molar-refractivity contribution in [2.45, 2.75) is 58.4 Å². The van der Waals surface area contributed by atoms with Crippen LogP contribution in [0.25, 0.3) is 0 Å². The Labute approximate surface area is 105 Å². The van der Waals surface area contributed by atoms with Crippen molar-refractivity contribution in [2.75, 3.05) is 13.2 Å². The first-order chi connectivity index (χ1) is 8.07. The molecule has 0 spiro atoms. The van der Waals surface area contributed by atoms with E-state index in [2.05, 4.69) is 5.32 Å². The predicted molar refractivity (Wildman–Crippen MR) is 70.6 cm³/mol. The van der Waals surface area contributed by atoms with E-state index in [0.717, 1.165) is 45.1 Å². The monoisotopic (exact) mass is 244 g/mol. The summed E-state index contributed by atoms with van der Waals surface area (Å²) < 4.78 is 0. The van der Waals surface area contributed by atoms with Crippen LogP contribution in [0.5, 0.6) is 0 Å². The highest BCUT2D eigenvalue weighted by Gasteiger charge is 2.11. The number of unbranched alkanes of at least 4 members (excludes halogenated alkanes) is 2. The molecule has 4 heteroatoms. The van der Waals surface area contributed by atoms with Gasteiger partial charge in [0.1, 0.15) is 0 Å². The van der Waals surface area contributed by atoms with Crippen LogP contribution in [0.4, 0.5) is 0 Å². The van der Waals surface area contributed by atoms with Gasteiger partial charge in [0, 0.05) is 25.1 Å². The predicted octanol–water partition coefficient (Wildman–Crippen LogP) is 1.42. The van der Waals surface area contributed by atoms with Gasteiger partial charge in [-0.1, -0.05) is 13.3 Å². The molecule has 102 valence electrons. The molecule has 0 radical (unpaired) electrons. The van der Waals surface area contributed by atoms with Crippen LogP contribution in [0.1, 0.15) is 52.4 Å².